The van der Waals surface area contributed by atoms with Gasteiger partial charge in [0, 0.05) is 19.1 Å². The fourth-order valence-corrected chi connectivity index (χ4v) is 2.67. The van der Waals surface area contributed by atoms with E-state index in [-0.39, 0.29) is 5.41 Å². The van der Waals surface area contributed by atoms with Crippen LogP contribution in [0, 0.1) is 11.3 Å². The lowest BCUT2D eigenvalue weighted by Gasteiger charge is -2.38. The maximum absolute atomic E-state index is 12.3. The van der Waals surface area contributed by atoms with Gasteiger partial charge in [-0.2, -0.15) is 0 Å². The van der Waals surface area contributed by atoms with Gasteiger partial charge in [0.15, 0.2) is 0 Å². The highest BCUT2D eigenvalue weighted by Gasteiger charge is 2.51. The van der Waals surface area contributed by atoms with Crippen molar-refractivity contribution in [3.8, 4) is 0 Å². The lowest BCUT2D eigenvalue weighted by atomic mass is 9.91. The molecule has 2 atom stereocenters. The molecule has 0 bridgehead atoms. The van der Waals surface area contributed by atoms with Crippen LogP contribution in [0.5, 0.6) is 0 Å². The Balaban J connectivity index is 2.01. The number of carbonyl (C=O) groups excluding carboxylic acids is 1. The Kier molecular flexibility index (Phi) is 2.75. The van der Waals surface area contributed by atoms with Gasteiger partial charge in [-0.1, -0.05) is 6.92 Å². The van der Waals surface area contributed by atoms with Gasteiger partial charge in [0.1, 0.15) is 0 Å². The SMILES string of the molecule is CC1CCN(C(=O)C2(CN)CC2)C(C)C1. The first-order chi connectivity index (χ1) is 7.09. The molecule has 2 aliphatic rings. The van der Waals surface area contributed by atoms with Crippen molar-refractivity contribution in [2.24, 2.45) is 17.1 Å². The van der Waals surface area contributed by atoms with E-state index in [1.807, 2.05) is 0 Å². The number of hydrogen-bond donors (Lipinski definition) is 1. The molecule has 1 saturated heterocycles. The topological polar surface area (TPSA) is 46.3 Å². The van der Waals surface area contributed by atoms with Crippen molar-refractivity contribution in [3.63, 3.8) is 0 Å². The first kappa shape index (κ1) is 10.9. The van der Waals surface area contributed by atoms with Gasteiger partial charge < -0.3 is 10.6 Å². The van der Waals surface area contributed by atoms with Crippen LogP contribution in [-0.4, -0.2) is 29.9 Å². The first-order valence-electron chi connectivity index (χ1n) is 6.10. The van der Waals surface area contributed by atoms with Gasteiger partial charge >= 0.3 is 0 Å². The second-order valence-corrected chi connectivity index (χ2v) is 5.46. The van der Waals surface area contributed by atoms with Crippen molar-refractivity contribution in [2.45, 2.75) is 45.6 Å². The van der Waals surface area contributed by atoms with E-state index in [0.717, 1.165) is 38.1 Å². The van der Waals surface area contributed by atoms with Crippen LogP contribution in [0.4, 0.5) is 0 Å². The predicted molar refractivity (Wildman–Crippen MR) is 60.3 cm³/mol. The zero-order valence-electron chi connectivity index (χ0n) is 9.83. The van der Waals surface area contributed by atoms with Crippen LogP contribution in [0.15, 0.2) is 0 Å². The minimum atomic E-state index is -0.158. The third-order valence-electron chi connectivity index (χ3n) is 4.10. The van der Waals surface area contributed by atoms with Gasteiger partial charge in [-0.05, 0) is 38.5 Å². The number of piperidine rings is 1. The molecule has 1 saturated carbocycles. The van der Waals surface area contributed by atoms with Gasteiger partial charge in [0.25, 0.3) is 0 Å². The maximum Gasteiger partial charge on any atom is 0.230 e. The summed E-state index contributed by atoms with van der Waals surface area (Å²) in [5, 5.41) is 0. The number of carbonyl (C=O) groups is 1. The Labute approximate surface area is 92.0 Å². The summed E-state index contributed by atoms with van der Waals surface area (Å²) in [6.45, 7) is 5.90. The van der Waals surface area contributed by atoms with Gasteiger partial charge in [-0.25, -0.2) is 0 Å². The number of nitrogens with zero attached hydrogens (tertiary/aromatic N) is 1. The van der Waals surface area contributed by atoms with Crippen molar-refractivity contribution in [2.75, 3.05) is 13.1 Å². The molecule has 1 aliphatic heterocycles. The molecule has 0 aromatic carbocycles. The summed E-state index contributed by atoms with van der Waals surface area (Å²) in [5.41, 5.74) is 5.54. The summed E-state index contributed by atoms with van der Waals surface area (Å²) in [7, 11) is 0. The summed E-state index contributed by atoms with van der Waals surface area (Å²) in [4.78, 5) is 14.3. The summed E-state index contributed by atoms with van der Waals surface area (Å²) in [6, 6.07) is 0.408. The number of amides is 1. The van der Waals surface area contributed by atoms with Crippen molar-refractivity contribution in [1.82, 2.24) is 4.90 Å². The first-order valence-corrected chi connectivity index (χ1v) is 6.10. The fourth-order valence-electron chi connectivity index (χ4n) is 2.67. The van der Waals surface area contributed by atoms with Crippen molar-refractivity contribution >= 4 is 5.91 Å². The quantitative estimate of drug-likeness (QED) is 0.748. The van der Waals surface area contributed by atoms with E-state index in [0.29, 0.717) is 18.5 Å². The maximum atomic E-state index is 12.3. The third-order valence-corrected chi connectivity index (χ3v) is 4.10. The largest absolute Gasteiger partial charge is 0.339 e. The normalized spacial score (nSPS) is 33.9. The van der Waals surface area contributed by atoms with Crippen LogP contribution >= 0.6 is 0 Å². The van der Waals surface area contributed by atoms with Gasteiger partial charge in [0.2, 0.25) is 5.91 Å². The van der Waals surface area contributed by atoms with E-state index in [9.17, 15) is 4.79 Å². The number of nitrogens with two attached hydrogens (primary N) is 1. The van der Waals surface area contributed by atoms with E-state index in [2.05, 4.69) is 18.7 Å². The Morgan fingerprint density at radius 3 is 2.60 bits per heavy atom. The molecule has 0 spiro atoms. The zero-order chi connectivity index (χ0) is 11.1. The molecule has 86 valence electrons. The van der Waals surface area contributed by atoms with E-state index in [1.165, 1.54) is 0 Å². The Morgan fingerprint density at radius 1 is 1.47 bits per heavy atom. The monoisotopic (exact) mass is 210 g/mol. The Hall–Kier alpha value is -0.570. The molecule has 1 amide bonds. The average molecular weight is 210 g/mol. The average Bonchev–Trinajstić information content (AvgIpc) is 2.97. The molecule has 2 N–H and O–H groups in total. The summed E-state index contributed by atoms with van der Waals surface area (Å²) in [6.07, 6.45) is 4.30. The second kappa shape index (κ2) is 3.78. The van der Waals surface area contributed by atoms with Crippen LogP contribution in [0.3, 0.4) is 0 Å². The van der Waals surface area contributed by atoms with E-state index < -0.39 is 0 Å². The van der Waals surface area contributed by atoms with Crippen molar-refractivity contribution in [1.29, 1.82) is 0 Å². The minimum Gasteiger partial charge on any atom is -0.339 e. The molecule has 0 aromatic heterocycles. The standard InChI is InChI=1S/C12H22N2O/c1-9-3-6-14(10(2)7-9)11(15)12(8-13)4-5-12/h9-10H,3-8,13H2,1-2H3. The smallest absolute Gasteiger partial charge is 0.230 e. The van der Waals surface area contributed by atoms with Crippen LogP contribution in [0.2, 0.25) is 0 Å². The molecule has 0 aromatic rings. The van der Waals surface area contributed by atoms with Gasteiger partial charge in [-0.15, -0.1) is 0 Å². The van der Waals surface area contributed by atoms with Crippen molar-refractivity contribution in [3.05, 3.63) is 0 Å². The molecule has 0 radical (unpaired) electrons. The lowest BCUT2D eigenvalue weighted by Crippen LogP contribution is -2.49. The highest BCUT2D eigenvalue weighted by Crippen LogP contribution is 2.47. The van der Waals surface area contributed by atoms with Crippen LogP contribution < -0.4 is 5.73 Å². The highest BCUT2D eigenvalue weighted by molar-refractivity contribution is 5.86. The molecule has 15 heavy (non-hydrogen) atoms. The Bertz CT molecular complexity index is 260. The molecule has 2 rings (SSSR count). The fraction of sp³-hybridized carbons (Fsp3) is 0.917. The lowest BCUT2D eigenvalue weighted by molar-refractivity contribution is -0.140. The molecule has 2 unspecified atom stereocenters. The van der Waals surface area contributed by atoms with E-state index in [4.69, 9.17) is 5.73 Å². The number of likely N-dealkylation sites (tertiary alicyclic amines) is 1. The second-order valence-electron chi connectivity index (χ2n) is 5.46. The zero-order valence-corrected chi connectivity index (χ0v) is 9.83. The molecular formula is C12H22N2O. The number of hydrogen-bond acceptors (Lipinski definition) is 2. The van der Waals surface area contributed by atoms with Crippen LogP contribution in [0.1, 0.15) is 39.5 Å². The van der Waals surface area contributed by atoms with E-state index >= 15 is 0 Å². The third kappa shape index (κ3) is 1.89. The predicted octanol–water partition coefficient (Wildman–Crippen LogP) is 1.37. The summed E-state index contributed by atoms with van der Waals surface area (Å²) in [5.74, 6) is 1.08. The summed E-state index contributed by atoms with van der Waals surface area (Å²) >= 11 is 0. The molecular weight excluding hydrogens is 188 g/mol. The molecule has 1 heterocycles. The minimum absolute atomic E-state index is 0.158. The number of rotatable bonds is 2. The summed E-state index contributed by atoms with van der Waals surface area (Å²) < 4.78 is 0. The molecule has 2 fully saturated rings. The van der Waals surface area contributed by atoms with E-state index in [1.54, 1.807) is 0 Å². The van der Waals surface area contributed by atoms with Crippen LogP contribution in [-0.2, 0) is 4.79 Å². The van der Waals surface area contributed by atoms with Crippen molar-refractivity contribution < 1.29 is 4.79 Å². The molecule has 3 nitrogen and oxygen atoms in total. The molecule has 3 heteroatoms. The Morgan fingerprint density at radius 2 is 2.13 bits per heavy atom. The van der Waals surface area contributed by atoms with Gasteiger partial charge in [0.05, 0.1) is 5.41 Å². The highest BCUT2D eigenvalue weighted by atomic mass is 16.2. The molecule has 1 aliphatic carbocycles. The van der Waals surface area contributed by atoms with Gasteiger partial charge in [-0.3, -0.25) is 4.79 Å². The van der Waals surface area contributed by atoms with Crippen LogP contribution in [0.25, 0.3) is 0 Å².